The van der Waals surface area contributed by atoms with Gasteiger partial charge in [-0.1, -0.05) is 52.0 Å². The standard InChI is InChI=1S/C21H21BrN2O3S/c1-14-5-6-15(2)19(12-14)26-13-20-23-24-21(27-20)28-11-3-4-18(25)16-7-9-17(22)10-8-16/h5-10,12H,3-4,11,13H2,1-2H3. The van der Waals surface area contributed by atoms with Crippen molar-refractivity contribution < 1.29 is 13.9 Å². The fourth-order valence-electron chi connectivity index (χ4n) is 2.53. The molecule has 3 aromatic rings. The van der Waals surface area contributed by atoms with E-state index in [0.29, 0.717) is 17.5 Å². The van der Waals surface area contributed by atoms with Gasteiger partial charge in [0.15, 0.2) is 12.4 Å². The van der Waals surface area contributed by atoms with Gasteiger partial charge < -0.3 is 9.15 Å². The molecular formula is C21H21BrN2O3S. The van der Waals surface area contributed by atoms with Crippen LogP contribution in [0.4, 0.5) is 0 Å². The number of aromatic nitrogens is 2. The van der Waals surface area contributed by atoms with Gasteiger partial charge in [-0.05, 0) is 49.6 Å². The number of rotatable bonds is 9. The van der Waals surface area contributed by atoms with E-state index in [4.69, 9.17) is 9.15 Å². The first-order chi connectivity index (χ1) is 13.5. The predicted molar refractivity (Wildman–Crippen MR) is 113 cm³/mol. The summed E-state index contributed by atoms with van der Waals surface area (Å²) in [5.41, 5.74) is 2.94. The summed E-state index contributed by atoms with van der Waals surface area (Å²) in [6.07, 6.45) is 1.24. The number of ether oxygens (including phenoxy) is 1. The number of Topliss-reactive ketones (excluding diaryl/α,β-unsaturated/α-hetero) is 1. The Morgan fingerprint density at radius 1 is 1.14 bits per heavy atom. The van der Waals surface area contributed by atoms with Gasteiger partial charge in [0, 0.05) is 22.2 Å². The zero-order valence-electron chi connectivity index (χ0n) is 15.8. The SMILES string of the molecule is Cc1ccc(C)c(OCc2nnc(SCCCC(=O)c3ccc(Br)cc3)o2)c1. The lowest BCUT2D eigenvalue weighted by atomic mass is 10.1. The highest BCUT2D eigenvalue weighted by atomic mass is 79.9. The molecule has 0 saturated carbocycles. The molecule has 0 bridgehead atoms. The highest BCUT2D eigenvalue weighted by Crippen LogP contribution is 2.22. The minimum Gasteiger partial charge on any atom is -0.484 e. The second-order valence-electron chi connectivity index (χ2n) is 6.40. The van der Waals surface area contributed by atoms with Gasteiger partial charge in [0.05, 0.1) is 0 Å². The quantitative estimate of drug-likeness (QED) is 0.229. The Morgan fingerprint density at radius 2 is 1.93 bits per heavy atom. The van der Waals surface area contributed by atoms with Crippen LogP contribution in [-0.2, 0) is 6.61 Å². The molecule has 5 nitrogen and oxygen atoms in total. The van der Waals surface area contributed by atoms with E-state index in [-0.39, 0.29) is 12.4 Å². The zero-order chi connectivity index (χ0) is 19.9. The third-order valence-electron chi connectivity index (χ3n) is 4.08. The topological polar surface area (TPSA) is 65.2 Å². The fraction of sp³-hybridized carbons (Fsp3) is 0.286. The van der Waals surface area contributed by atoms with Gasteiger partial charge in [0.2, 0.25) is 0 Å². The molecular weight excluding hydrogens is 440 g/mol. The third-order valence-corrected chi connectivity index (χ3v) is 5.52. The van der Waals surface area contributed by atoms with Crippen molar-refractivity contribution in [1.29, 1.82) is 0 Å². The van der Waals surface area contributed by atoms with E-state index >= 15 is 0 Å². The van der Waals surface area contributed by atoms with Crippen LogP contribution < -0.4 is 4.74 Å². The molecule has 1 aromatic heterocycles. The summed E-state index contributed by atoms with van der Waals surface area (Å²) >= 11 is 4.82. The van der Waals surface area contributed by atoms with Gasteiger partial charge in [-0.2, -0.15) is 0 Å². The minimum absolute atomic E-state index is 0.140. The summed E-state index contributed by atoms with van der Waals surface area (Å²) in [7, 11) is 0. The van der Waals surface area contributed by atoms with Crippen LogP contribution in [0.5, 0.6) is 5.75 Å². The van der Waals surface area contributed by atoms with Crippen molar-refractivity contribution in [2.24, 2.45) is 0 Å². The van der Waals surface area contributed by atoms with Gasteiger partial charge in [-0.15, -0.1) is 10.2 Å². The number of ketones is 1. The van der Waals surface area contributed by atoms with Crippen LogP contribution in [0.25, 0.3) is 0 Å². The number of benzene rings is 2. The van der Waals surface area contributed by atoms with E-state index in [9.17, 15) is 4.79 Å². The van der Waals surface area contributed by atoms with Crippen LogP contribution >= 0.6 is 27.7 Å². The average molecular weight is 461 g/mol. The van der Waals surface area contributed by atoms with Gasteiger partial charge in [0.25, 0.3) is 11.1 Å². The number of thioether (sulfide) groups is 1. The molecule has 0 fully saturated rings. The number of hydrogen-bond donors (Lipinski definition) is 0. The molecule has 3 rings (SSSR count). The molecule has 0 unspecified atom stereocenters. The first kappa shape index (κ1) is 20.6. The van der Waals surface area contributed by atoms with Crippen molar-refractivity contribution in [2.75, 3.05) is 5.75 Å². The third kappa shape index (κ3) is 5.94. The van der Waals surface area contributed by atoms with Crippen LogP contribution in [0, 0.1) is 13.8 Å². The maximum atomic E-state index is 12.2. The zero-order valence-corrected chi connectivity index (χ0v) is 18.2. The molecule has 2 aromatic carbocycles. The molecule has 0 spiro atoms. The molecule has 28 heavy (non-hydrogen) atoms. The Labute approximate surface area is 177 Å². The molecule has 0 aliphatic carbocycles. The van der Waals surface area contributed by atoms with Gasteiger partial charge in [-0.3, -0.25) is 4.79 Å². The van der Waals surface area contributed by atoms with E-state index in [1.807, 2.05) is 56.3 Å². The monoisotopic (exact) mass is 460 g/mol. The highest BCUT2D eigenvalue weighted by Gasteiger charge is 2.10. The van der Waals surface area contributed by atoms with Crippen molar-refractivity contribution in [3.63, 3.8) is 0 Å². The molecule has 0 atom stereocenters. The first-order valence-electron chi connectivity index (χ1n) is 8.95. The van der Waals surface area contributed by atoms with Gasteiger partial charge >= 0.3 is 0 Å². The van der Waals surface area contributed by atoms with Gasteiger partial charge in [0.1, 0.15) is 5.75 Å². The van der Waals surface area contributed by atoms with Crippen molar-refractivity contribution in [1.82, 2.24) is 10.2 Å². The number of halogens is 1. The van der Waals surface area contributed by atoms with Crippen molar-refractivity contribution >= 4 is 33.5 Å². The lowest BCUT2D eigenvalue weighted by Gasteiger charge is -2.07. The Morgan fingerprint density at radius 3 is 2.71 bits per heavy atom. The van der Waals surface area contributed by atoms with Gasteiger partial charge in [-0.25, -0.2) is 0 Å². The second kappa shape index (κ2) is 9.89. The number of hydrogen-bond acceptors (Lipinski definition) is 6. The van der Waals surface area contributed by atoms with Crippen LogP contribution in [0.1, 0.15) is 40.2 Å². The normalized spacial score (nSPS) is 10.8. The lowest BCUT2D eigenvalue weighted by molar-refractivity contribution is 0.0982. The van der Waals surface area contributed by atoms with E-state index in [0.717, 1.165) is 39.1 Å². The van der Waals surface area contributed by atoms with Crippen molar-refractivity contribution in [3.8, 4) is 5.75 Å². The Balaban J connectivity index is 1.41. The smallest absolute Gasteiger partial charge is 0.276 e. The average Bonchev–Trinajstić information content (AvgIpc) is 3.14. The minimum atomic E-state index is 0.140. The molecule has 0 amide bonds. The summed E-state index contributed by atoms with van der Waals surface area (Å²) < 4.78 is 12.3. The summed E-state index contributed by atoms with van der Waals surface area (Å²) in [6.45, 7) is 4.26. The molecule has 0 saturated heterocycles. The van der Waals surface area contributed by atoms with E-state index < -0.39 is 0 Å². The van der Waals surface area contributed by atoms with Crippen LogP contribution in [0.15, 0.2) is 56.6 Å². The van der Waals surface area contributed by atoms with Crippen molar-refractivity contribution in [2.45, 2.75) is 38.5 Å². The lowest BCUT2D eigenvalue weighted by Crippen LogP contribution is -1.99. The van der Waals surface area contributed by atoms with Crippen LogP contribution in [0.2, 0.25) is 0 Å². The molecule has 0 aliphatic heterocycles. The number of carbonyl (C=O) groups excluding carboxylic acids is 1. The first-order valence-corrected chi connectivity index (χ1v) is 10.7. The number of nitrogens with zero attached hydrogens (tertiary/aromatic N) is 2. The summed E-state index contributed by atoms with van der Waals surface area (Å²) in [5.74, 6) is 2.14. The number of aryl methyl sites for hydroxylation is 2. The molecule has 1 heterocycles. The molecule has 0 N–H and O–H groups in total. The van der Waals surface area contributed by atoms with Crippen molar-refractivity contribution in [3.05, 3.63) is 69.5 Å². The van der Waals surface area contributed by atoms with E-state index in [2.05, 4.69) is 26.1 Å². The molecule has 0 radical (unpaired) electrons. The Bertz CT molecular complexity index is 941. The largest absolute Gasteiger partial charge is 0.484 e. The van der Waals surface area contributed by atoms with Crippen LogP contribution in [0.3, 0.4) is 0 Å². The maximum absolute atomic E-state index is 12.2. The second-order valence-corrected chi connectivity index (χ2v) is 8.36. The van der Waals surface area contributed by atoms with Crippen LogP contribution in [-0.4, -0.2) is 21.7 Å². The maximum Gasteiger partial charge on any atom is 0.276 e. The molecule has 0 aliphatic rings. The fourth-order valence-corrected chi connectivity index (χ4v) is 3.51. The molecule has 7 heteroatoms. The molecule has 146 valence electrons. The van der Waals surface area contributed by atoms with E-state index in [1.54, 1.807) is 0 Å². The summed E-state index contributed by atoms with van der Waals surface area (Å²) in [4.78, 5) is 12.2. The highest BCUT2D eigenvalue weighted by molar-refractivity contribution is 9.10. The Hall–Kier alpha value is -2.12. The number of carbonyl (C=O) groups is 1. The summed E-state index contributed by atoms with van der Waals surface area (Å²) in [6, 6.07) is 13.5. The van der Waals surface area contributed by atoms with E-state index in [1.165, 1.54) is 11.8 Å². The Kier molecular flexibility index (Phi) is 7.28. The summed E-state index contributed by atoms with van der Waals surface area (Å²) in [5, 5.41) is 8.54. The predicted octanol–water partition coefficient (Wildman–Crippen LogP) is 5.78.